The van der Waals surface area contributed by atoms with E-state index in [9.17, 15) is 5.11 Å². The van der Waals surface area contributed by atoms with E-state index in [2.05, 4.69) is 24.0 Å². The molecule has 0 bridgehead atoms. The van der Waals surface area contributed by atoms with Gasteiger partial charge in [-0.1, -0.05) is 29.8 Å². The van der Waals surface area contributed by atoms with Crippen molar-refractivity contribution >= 4 is 10.9 Å². The number of nitrogens with one attached hydrogen (secondary N) is 1. The van der Waals surface area contributed by atoms with Crippen molar-refractivity contribution in [1.82, 2.24) is 4.98 Å². The molecule has 0 amide bonds. The topological polar surface area (TPSA) is 36.0 Å². The van der Waals surface area contributed by atoms with Crippen molar-refractivity contribution < 1.29 is 5.11 Å². The molecule has 0 radical (unpaired) electrons. The molecule has 17 heavy (non-hydrogen) atoms. The number of hydrogen-bond donors (Lipinski definition) is 2. The molecule has 0 saturated carbocycles. The zero-order valence-electron chi connectivity index (χ0n) is 9.57. The predicted octanol–water partition coefficient (Wildman–Crippen LogP) is 3.85. The number of phenols is 1. The lowest BCUT2D eigenvalue weighted by atomic mass is 10.00. The lowest BCUT2D eigenvalue weighted by molar-refractivity contribution is 0.478. The van der Waals surface area contributed by atoms with Crippen LogP contribution in [0.2, 0.25) is 0 Å². The zero-order valence-corrected chi connectivity index (χ0v) is 9.57. The van der Waals surface area contributed by atoms with Gasteiger partial charge in [0.15, 0.2) is 0 Å². The van der Waals surface area contributed by atoms with Gasteiger partial charge >= 0.3 is 0 Å². The highest BCUT2D eigenvalue weighted by Gasteiger charge is 2.09. The van der Waals surface area contributed by atoms with Crippen LogP contribution in [0, 0.1) is 6.92 Å². The second-order valence-corrected chi connectivity index (χ2v) is 4.26. The molecule has 3 rings (SSSR count). The minimum absolute atomic E-state index is 0.320. The molecule has 0 saturated heterocycles. The van der Waals surface area contributed by atoms with Gasteiger partial charge in [0.25, 0.3) is 0 Å². The summed E-state index contributed by atoms with van der Waals surface area (Å²) < 4.78 is 0. The van der Waals surface area contributed by atoms with Crippen LogP contribution in [-0.2, 0) is 0 Å². The molecule has 0 unspecified atom stereocenters. The normalized spacial score (nSPS) is 10.9. The Morgan fingerprint density at radius 3 is 2.47 bits per heavy atom. The van der Waals surface area contributed by atoms with Crippen molar-refractivity contribution in [3.63, 3.8) is 0 Å². The summed E-state index contributed by atoms with van der Waals surface area (Å²) in [6.45, 7) is 2.06. The van der Waals surface area contributed by atoms with Gasteiger partial charge in [0, 0.05) is 22.7 Å². The first kappa shape index (κ1) is 9.97. The quantitative estimate of drug-likeness (QED) is 0.645. The van der Waals surface area contributed by atoms with E-state index in [1.54, 1.807) is 6.07 Å². The molecule has 0 aliphatic heterocycles. The largest absolute Gasteiger partial charge is 0.507 e. The molecule has 0 spiro atoms. The lowest BCUT2D eigenvalue weighted by Gasteiger charge is -2.07. The number of H-pyrrole nitrogens is 1. The first-order valence-electron chi connectivity index (χ1n) is 5.62. The number of aromatic nitrogens is 1. The van der Waals surface area contributed by atoms with E-state index in [1.165, 1.54) is 5.56 Å². The number of rotatable bonds is 1. The van der Waals surface area contributed by atoms with Crippen LogP contribution in [0.4, 0.5) is 0 Å². The number of fused-ring (bicyclic) bond motifs is 1. The zero-order chi connectivity index (χ0) is 11.8. The average molecular weight is 223 g/mol. The highest BCUT2D eigenvalue weighted by atomic mass is 16.3. The van der Waals surface area contributed by atoms with E-state index < -0.39 is 0 Å². The van der Waals surface area contributed by atoms with E-state index >= 15 is 0 Å². The number of hydrogen-bond acceptors (Lipinski definition) is 1. The van der Waals surface area contributed by atoms with Crippen molar-refractivity contribution in [2.75, 3.05) is 0 Å². The van der Waals surface area contributed by atoms with Crippen molar-refractivity contribution in [3.8, 4) is 16.9 Å². The van der Waals surface area contributed by atoms with E-state index in [4.69, 9.17) is 0 Å². The Kier molecular flexibility index (Phi) is 2.15. The molecule has 1 heterocycles. The van der Waals surface area contributed by atoms with E-state index in [0.717, 1.165) is 22.0 Å². The molecule has 84 valence electrons. The fourth-order valence-corrected chi connectivity index (χ4v) is 2.15. The van der Waals surface area contributed by atoms with Gasteiger partial charge in [0.05, 0.1) is 0 Å². The van der Waals surface area contributed by atoms with E-state index in [0.29, 0.717) is 5.75 Å². The van der Waals surface area contributed by atoms with Gasteiger partial charge in [-0.25, -0.2) is 0 Å². The highest BCUT2D eigenvalue weighted by Crippen LogP contribution is 2.35. The van der Waals surface area contributed by atoms with Crippen LogP contribution >= 0.6 is 0 Å². The fourth-order valence-electron chi connectivity index (χ4n) is 2.15. The minimum Gasteiger partial charge on any atom is -0.507 e. The molecule has 1 aromatic heterocycles. The molecular formula is C15H13NO. The number of aromatic amines is 1. The van der Waals surface area contributed by atoms with Crippen LogP contribution in [0.1, 0.15) is 5.56 Å². The summed E-state index contributed by atoms with van der Waals surface area (Å²) in [5.74, 6) is 0.320. The maximum atomic E-state index is 10.0. The Balaban J connectivity index is 2.31. The van der Waals surface area contributed by atoms with Crippen molar-refractivity contribution in [1.29, 1.82) is 0 Å². The third-order valence-electron chi connectivity index (χ3n) is 3.05. The Labute approximate surface area is 99.5 Å². The minimum atomic E-state index is 0.320. The van der Waals surface area contributed by atoms with Crippen molar-refractivity contribution in [2.24, 2.45) is 0 Å². The SMILES string of the molecule is Cc1ccc(-c2c(O)ccc3[nH]ccc23)cc1. The lowest BCUT2D eigenvalue weighted by Crippen LogP contribution is -1.81. The van der Waals surface area contributed by atoms with Crippen molar-refractivity contribution in [3.05, 3.63) is 54.2 Å². The van der Waals surface area contributed by atoms with Crippen LogP contribution in [0.5, 0.6) is 5.75 Å². The summed E-state index contributed by atoms with van der Waals surface area (Å²) in [4.78, 5) is 3.16. The molecule has 0 fully saturated rings. The smallest absolute Gasteiger partial charge is 0.124 e. The summed E-state index contributed by atoms with van der Waals surface area (Å²) >= 11 is 0. The fraction of sp³-hybridized carbons (Fsp3) is 0.0667. The Hall–Kier alpha value is -2.22. The van der Waals surface area contributed by atoms with Crippen LogP contribution in [0.3, 0.4) is 0 Å². The van der Waals surface area contributed by atoms with Gasteiger partial charge in [0.2, 0.25) is 0 Å². The molecule has 0 aliphatic carbocycles. The molecule has 2 heteroatoms. The van der Waals surface area contributed by atoms with Gasteiger partial charge in [-0.2, -0.15) is 0 Å². The van der Waals surface area contributed by atoms with E-state index in [1.807, 2.05) is 30.5 Å². The van der Waals surface area contributed by atoms with Gasteiger partial charge in [-0.15, -0.1) is 0 Å². The maximum Gasteiger partial charge on any atom is 0.124 e. The van der Waals surface area contributed by atoms with Crippen LogP contribution in [0.25, 0.3) is 22.0 Å². The second kappa shape index (κ2) is 3.67. The molecular weight excluding hydrogens is 210 g/mol. The summed E-state index contributed by atoms with van der Waals surface area (Å²) in [6, 6.07) is 13.8. The third-order valence-corrected chi connectivity index (χ3v) is 3.05. The average Bonchev–Trinajstić information content (AvgIpc) is 2.79. The number of phenolic OH excluding ortho intramolecular Hbond substituents is 1. The van der Waals surface area contributed by atoms with Gasteiger partial charge in [-0.05, 0) is 30.7 Å². The predicted molar refractivity (Wildman–Crippen MR) is 70.1 cm³/mol. The van der Waals surface area contributed by atoms with Crippen LogP contribution in [0.15, 0.2) is 48.7 Å². The molecule has 2 aromatic carbocycles. The summed E-state index contributed by atoms with van der Waals surface area (Å²) in [5.41, 5.74) is 4.19. The monoisotopic (exact) mass is 223 g/mol. The molecule has 0 atom stereocenters. The first-order valence-corrected chi connectivity index (χ1v) is 5.62. The van der Waals surface area contributed by atoms with E-state index in [-0.39, 0.29) is 0 Å². The summed E-state index contributed by atoms with van der Waals surface area (Å²) in [6.07, 6.45) is 1.89. The standard InChI is InChI=1S/C15H13NO/c1-10-2-4-11(5-3-10)15-12-8-9-16-13(12)6-7-14(15)17/h2-9,16-17H,1H3. The van der Waals surface area contributed by atoms with Crippen LogP contribution < -0.4 is 0 Å². The van der Waals surface area contributed by atoms with Crippen LogP contribution in [-0.4, -0.2) is 10.1 Å². The molecule has 0 aliphatic rings. The number of aryl methyl sites for hydroxylation is 1. The number of aromatic hydroxyl groups is 1. The first-order chi connectivity index (χ1) is 8.25. The third kappa shape index (κ3) is 1.58. The Morgan fingerprint density at radius 2 is 1.71 bits per heavy atom. The molecule has 2 nitrogen and oxygen atoms in total. The van der Waals surface area contributed by atoms with Gasteiger partial charge in [-0.3, -0.25) is 0 Å². The molecule has 3 aromatic rings. The van der Waals surface area contributed by atoms with Gasteiger partial charge in [0.1, 0.15) is 5.75 Å². The van der Waals surface area contributed by atoms with Crippen molar-refractivity contribution in [2.45, 2.75) is 6.92 Å². The number of benzene rings is 2. The highest BCUT2D eigenvalue weighted by molar-refractivity contribution is 5.98. The summed E-state index contributed by atoms with van der Waals surface area (Å²) in [7, 11) is 0. The maximum absolute atomic E-state index is 10.0. The summed E-state index contributed by atoms with van der Waals surface area (Å²) in [5, 5.41) is 11.1. The Bertz CT molecular complexity index is 665. The second-order valence-electron chi connectivity index (χ2n) is 4.26. The van der Waals surface area contributed by atoms with Gasteiger partial charge < -0.3 is 10.1 Å². The Morgan fingerprint density at radius 1 is 0.941 bits per heavy atom. The molecule has 2 N–H and O–H groups in total.